The topological polar surface area (TPSA) is 84.3 Å². The van der Waals surface area contributed by atoms with Gasteiger partial charge in [0.2, 0.25) is 5.95 Å². The molecule has 1 saturated carbocycles. The predicted molar refractivity (Wildman–Crippen MR) is 92.2 cm³/mol. The van der Waals surface area contributed by atoms with Crippen molar-refractivity contribution in [2.75, 3.05) is 5.32 Å². The quantitative estimate of drug-likeness (QED) is 0.606. The Kier molecular flexibility index (Phi) is 2.97. The molecule has 4 aromatic rings. The van der Waals surface area contributed by atoms with E-state index in [2.05, 4.69) is 42.7 Å². The van der Waals surface area contributed by atoms with Gasteiger partial charge in [0.15, 0.2) is 11.2 Å². The number of aromatic nitrogens is 6. The average molecular weight is 319 g/mol. The van der Waals surface area contributed by atoms with E-state index in [0.29, 0.717) is 17.5 Å². The van der Waals surface area contributed by atoms with Gasteiger partial charge in [-0.15, -0.1) is 5.10 Å². The molecule has 0 atom stereocenters. The van der Waals surface area contributed by atoms with Crippen LogP contribution < -0.4 is 5.32 Å². The number of rotatable bonds is 3. The zero-order valence-electron chi connectivity index (χ0n) is 13.1. The van der Waals surface area contributed by atoms with E-state index < -0.39 is 0 Å². The molecule has 0 radical (unpaired) electrons. The molecule has 1 aliphatic carbocycles. The Morgan fingerprint density at radius 3 is 2.92 bits per heavy atom. The fourth-order valence-corrected chi connectivity index (χ4v) is 3.40. The van der Waals surface area contributed by atoms with Crippen molar-refractivity contribution in [3.63, 3.8) is 0 Å². The number of H-pyrrole nitrogens is 1. The van der Waals surface area contributed by atoms with Crippen LogP contribution in [-0.4, -0.2) is 36.0 Å². The molecular formula is C17H17N7. The van der Waals surface area contributed by atoms with Crippen LogP contribution in [0.3, 0.4) is 0 Å². The maximum Gasteiger partial charge on any atom is 0.225 e. The largest absolute Gasteiger partial charge is 0.366 e. The fourth-order valence-electron chi connectivity index (χ4n) is 3.40. The van der Waals surface area contributed by atoms with Gasteiger partial charge in [-0.05, 0) is 30.4 Å². The number of fused-ring (bicyclic) bond motifs is 2. The molecule has 120 valence electrons. The van der Waals surface area contributed by atoms with Crippen molar-refractivity contribution in [3.05, 3.63) is 36.8 Å². The first kappa shape index (κ1) is 13.5. The predicted octanol–water partition coefficient (Wildman–Crippen LogP) is 3.05. The Hall–Kier alpha value is -2.96. The smallest absolute Gasteiger partial charge is 0.225 e. The van der Waals surface area contributed by atoms with Gasteiger partial charge in [-0.25, -0.2) is 4.98 Å². The SMILES string of the molecule is c1cc2c[nH]cc2cc1-n1nnc2cnc(NC3CCCC3)nc21. The monoisotopic (exact) mass is 319 g/mol. The molecule has 1 fully saturated rings. The standard InChI is InChI=1S/C17H17N7/c1-2-4-13(3-1)20-17-19-10-15-16(21-17)24(23-22-15)14-6-5-11-8-18-9-12(11)7-14/h5-10,13,18H,1-4H2,(H,19,20,21). The summed E-state index contributed by atoms with van der Waals surface area (Å²) in [5.74, 6) is 0.653. The summed E-state index contributed by atoms with van der Waals surface area (Å²) in [7, 11) is 0. The van der Waals surface area contributed by atoms with E-state index in [1.54, 1.807) is 10.9 Å². The van der Waals surface area contributed by atoms with E-state index >= 15 is 0 Å². The highest BCUT2D eigenvalue weighted by atomic mass is 15.4. The Morgan fingerprint density at radius 2 is 2.00 bits per heavy atom. The molecule has 3 heterocycles. The summed E-state index contributed by atoms with van der Waals surface area (Å²) in [6.07, 6.45) is 10.6. The lowest BCUT2D eigenvalue weighted by atomic mass is 10.2. The third-order valence-corrected chi connectivity index (χ3v) is 4.67. The van der Waals surface area contributed by atoms with Gasteiger partial charge >= 0.3 is 0 Å². The number of aromatic amines is 1. The minimum atomic E-state index is 0.475. The van der Waals surface area contributed by atoms with Gasteiger partial charge in [0.1, 0.15) is 0 Å². The number of benzene rings is 1. The van der Waals surface area contributed by atoms with Crippen molar-refractivity contribution in [3.8, 4) is 5.69 Å². The number of hydrogen-bond donors (Lipinski definition) is 2. The summed E-state index contributed by atoms with van der Waals surface area (Å²) in [5.41, 5.74) is 2.36. The molecule has 0 aliphatic heterocycles. The zero-order valence-corrected chi connectivity index (χ0v) is 13.1. The van der Waals surface area contributed by atoms with Crippen LogP contribution in [0.2, 0.25) is 0 Å². The summed E-state index contributed by atoms with van der Waals surface area (Å²) >= 11 is 0. The van der Waals surface area contributed by atoms with Crippen LogP contribution in [0.25, 0.3) is 27.6 Å². The summed E-state index contributed by atoms with van der Waals surface area (Å²) in [6, 6.07) is 6.64. The first-order chi connectivity index (χ1) is 11.9. The first-order valence-electron chi connectivity index (χ1n) is 8.29. The van der Waals surface area contributed by atoms with Crippen LogP contribution in [0.15, 0.2) is 36.8 Å². The molecule has 3 aromatic heterocycles. The van der Waals surface area contributed by atoms with Crippen LogP contribution in [0.4, 0.5) is 5.95 Å². The normalized spacial score (nSPS) is 15.5. The van der Waals surface area contributed by atoms with Crippen molar-refractivity contribution in [2.45, 2.75) is 31.7 Å². The average Bonchev–Trinajstić information content (AvgIpc) is 3.34. The Bertz CT molecular complexity index is 1010. The second kappa shape index (κ2) is 5.30. The number of nitrogens with zero attached hydrogens (tertiary/aromatic N) is 5. The number of nitrogens with one attached hydrogen (secondary N) is 2. The molecule has 0 bridgehead atoms. The van der Waals surface area contributed by atoms with E-state index in [0.717, 1.165) is 16.7 Å². The van der Waals surface area contributed by atoms with Gasteiger partial charge in [-0.3, -0.25) is 0 Å². The lowest BCUT2D eigenvalue weighted by Gasteiger charge is -2.11. The zero-order chi connectivity index (χ0) is 15.9. The van der Waals surface area contributed by atoms with Crippen molar-refractivity contribution >= 4 is 27.9 Å². The summed E-state index contributed by atoms with van der Waals surface area (Å²) in [4.78, 5) is 12.1. The van der Waals surface area contributed by atoms with E-state index in [9.17, 15) is 0 Å². The minimum Gasteiger partial charge on any atom is -0.366 e. The van der Waals surface area contributed by atoms with Crippen molar-refractivity contribution < 1.29 is 0 Å². The molecule has 2 N–H and O–H groups in total. The fraction of sp³-hybridized carbons (Fsp3) is 0.294. The van der Waals surface area contributed by atoms with Crippen molar-refractivity contribution in [1.82, 2.24) is 29.9 Å². The van der Waals surface area contributed by atoms with Gasteiger partial charge in [0.25, 0.3) is 0 Å². The molecule has 5 rings (SSSR count). The van der Waals surface area contributed by atoms with Crippen molar-refractivity contribution in [1.29, 1.82) is 0 Å². The molecule has 0 spiro atoms. The molecule has 0 unspecified atom stereocenters. The molecule has 1 aromatic carbocycles. The van der Waals surface area contributed by atoms with Crippen LogP contribution in [-0.2, 0) is 0 Å². The molecule has 24 heavy (non-hydrogen) atoms. The highest BCUT2D eigenvalue weighted by molar-refractivity contribution is 5.84. The van der Waals surface area contributed by atoms with Crippen LogP contribution in [0, 0.1) is 0 Å². The van der Waals surface area contributed by atoms with Gasteiger partial charge < -0.3 is 10.3 Å². The highest BCUT2D eigenvalue weighted by Gasteiger charge is 2.17. The van der Waals surface area contributed by atoms with E-state index in [4.69, 9.17) is 0 Å². The first-order valence-corrected chi connectivity index (χ1v) is 8.29. The number of anilines is 1. The Morgan fingerprint density at radius 1 is 1.12 bits per heavy atom. The van der Waals surface area contributed by atoms with Crippen LogP contribution in [0.5, 0.6) is 0 Å². The molecule has 0 saturated heterocycles. The maximum absolute atomic E-state index is 4.65. The Labute approximate surface area is 138 Å². The highest BCUT2D eigenvalue weighted by Crippen LogP contribution is 2.23. The lowest BCUT2D eigenvalue weighted by Crippen LogP contribution is -2.16. The van der Waals surface area contributed by atoms with Gasteiger partial charge in [-0.1, -0.05) is 24.1 Å². The summed E-state index contributed by atoms with van der Waals surface area (Å²) < 4.78 is 1.77. The molecule has 7 heteroatoms. The summed E-state index contributed by atoms with van der Waals surface area (Å²) in [5, 5.41) is 14.2. The van der Waals surface area contributed by atoms with E-state index in [1.165, 1.54) is 31.1 Å². The minimum absolute atomic E-state index is 0.475. The van der Waals surface area contributed by atoms with Crippen molar-refractivity contribution in [2.24, 2.45) is 0 Å². The van der Waals surface area contributed by atoms with Gasteiger partial charge in [0.05, 0.1) is 11.9 Å². The second-order valence-electron chi connectivity index (χ2n) is 6.30. The lowest BCUT2D eigenvalue weighted by molar-refractivity contribution is 0.744. The van der Waals surface area contributed by atoms with Gasteiger partial charge in [0, 0.05) is 23.8 Å². The van der Waals surface area contributed by atoms with Crippen LogP contribution in [0.1, 0.15) is 25.7 Å². The molecule has 0 amide bonds. The summed E-state index contributed by atoms with van der Waals surface area (Å²) in [6.45, 7) is 0. The second-order valence-corrected chi connectivity index (χ2v) is 6.30. The van der Waals surface area contributed by atoms with Crippen LogP contribution >= 0.6 is 0 Å². The van der Waals surface area contributed by atoms with E-state index in [1.807, 2.05) is 18.5 Å². The maximum atomic E-state index is 4.65. The number of hydrogen-bond acceptors (Lipinski definition) is 5. The molecule has 7 nitrogen and oxygen atoms in total. The van der Waals surface area contributed by atoms with Gasteiger partial charge in [-0.2, -0.15) is 9.67 Å². The molecular weight excluding hydrogens is 302 g/mol. The van der Waals surface area contributed by atoms with E-state index in [-0.39, 0.29) is 0 Å². The third-order valence-electron chi connectivity index (χ3n) is 4.67. The molecule has 1 aliphatic rings. The Balaban J connectivity index is 1.57. The third kappa shape index (κ3) is 2.20.